The summed E-state index contributed by atoms with van der Waals surface area (Å²) in [7, 11) is 0. The lowest BCUT2D eigenvalue weighted by Crippen LogP contribution is -2.45. The molecule has 1 heterocycles. The number of nitrogens with one attached hydrogen (secondary N) is 1. The van der Waals surface area contributed by atoms with Gasteiger partial charge in [0.05, 0.1) is 0 Å². The number of hydrogen-bond donors (Lipinski definition) is 1. The lowest BCUT2D eigenvalue weighted by atomic mass is 9.98. The van der Waals surface area contributed by atoms with Crippen molar-refractivity contribution in [3.8, 4) is 0 Å². The Balaban J connectivity index is 0.00000200. The van der Waals surface area contributed by atoms with E-state index in [0.29, 0.717) is 4.47 Å². The van der Waals surface area contributed by atoms with Gasteiger partial charge in [-0.25, -0.2) is 8.78 Å². The Labute approximate surface area is 145 Å². The Hall–Kier alpha value is 0.0600. The minimum Gasteiger partial charge on any atom is -0.314 e. The minimum atomic E-state index is -0.455. The minimum absolute atomic E-state index is 0. The van der Waals surface area contributed by atoms with E-state index in [1.165, 1.54) is 12.1 Å². The maximum absolute atomic E-state index is 14.1. The lowest BCUT2D eigenvalue weighted by Gasteiger charge is -2.35. The molecule has 2 rings (SSSR count). The first-order valence-electron chi connectivity index (χ1n) is 6.72. The maximum atomic E-state index is 14.1. The van der Waals surface area contributed by atoms with E-state index < -0.39 is 11.6 Å². The summed E-state index contributed by atoms with van der Waals surface area (Å²) in [6.07, 6.45) is 1.68. The molecule has 0 aromatic heterocycles. The van der Waals surface area contributed by atoms with Crippen LogP contribution in [0.2, 0.25) is 0 Å². The largest absolute Gasteiger partial charge is 0.314 e. The van der Waals surface area contributed by atoms with Crippen molar-refractivity contribution in [1.29, 1.82) is 0 Å². The van der Waals surface area contributed by atoms with Crippen LogP contribution in [0.4, 0.5) is 8.78 Å². The van der Waals surface area contributed by atoms with Gasteiger partial charge in [-0.3, -0.25) is 4.90 Å². The van der Waals surface area contributed by atoms with Crippen LogP contribution in [0.25, 0.3) is 0 Å². The summed E-state index contributed by atoms with van der Waals surface area (Å²) < 4.78 is 28.7. The third-order valence-electron chi connectivity index (χ3n) is 3.53. The lowest BCUT2D eigenvalue weighted by molar-refractivity contribution is 0.158. The van der Waals surface area contributed by atoms with Gasteiger partial charge >= 0.3 is 0 Å². The number of benzene rings is 1. The molecule has 7 heteroatoms. The number of halogens is 5. The highest BCUT2D eigenvalue weighted by atomic mass is 79.9. The SMILES string of the molecule is CCC[C@H](c1c(F)cc(Br)cc1F)N1CCNCC1.Cl.Cl. The Morgan fingerprint density at radius 3 is 2.19 bits per heavy atom. The zero-order valence-corrected chi connectivity index (χ0v) is 15.1. The van der Waals surface area contributed by atoms with Crippen LogP contribution >= 0.6 is 40.7 Å². The first-order valence-corrected chi connectivity index (χ1v) is 7.52. The zero-order chi connectivity index (χ0) is 13.8. The van der Waals surface area contributed by atoms with E-state index >= 15 is 0 Å². The van der Waals surface area contributed by atoms with E-state index in [9.17, 15) is 8.78 Å². The van der Waals surface area contributed by atoms with E-state index in [2.05, 4.69) is 26.1 Å². The van der Waals surface area contributed by atoms with Crippen molar-refractivity contribution < 1.29 is 8.78 Å². The number of rotatable bonds is 4. The molecule has 1 saturated heterocycles. The summed E-state index contributed by atoms with van der Waals surface area (Å²) in [5, 5.41) is 3.26. The first-order chi connectivity index (χ1) is 9.13. The summed E-state index contributed by atoms with van der Waals surface area (Å²) in [6, 6.07) is 2.53. The second kappa shape index (κ2) is 9.95. The molecule has 1 atom stereocenters. The topological polar surface area (TPSA) is 15.3 Å². The predicted octanol–water partition coefficient (Wildman–Crippen LogP) is 4.32. The molecule has 1 aromatic rings. The molecule has 0 unspecified atom stereocenters. The van der Waals surface area contributed by atoms with Gasteiger partial charge in [0.1, 0.15) is 11.6 Å². The van der Waals surface area contributed by atoms with Crippen molar-refractivity contribution >= 4 is 40.7 Å². The van der Waals surface area contributed by atoms with Crippen LogP contribution in [0.1, 0.15) is 31.4 Å². The number of nitrogens with zero attached hydrogens (tertiary/aromatic N) is 1. The van der Waals surface area contributed by atoms with Gasteiger partial charge in [-0.05, 0) is 18.6 Å². The van der Waals surface area contributed by atoms with Gasteiger partial charge in [0.2, 0.25) is 0 Å². The Morgan fingerprint density at radius 1 is 1.19 bits per heavy atom. The number of hydrogen-bond acceptors (Lipinski definition) is 2. The average Bonchev–Trinajstić information content (AvgIpc) is 2.37. The van der Waals surface area contributed by atoms with Gasteiger partial charge in [0.25, 0.3) is 0 Å². The van der Waals surface area contributed by atoms with Gasteiger partial charge in [-0.2, -0.15) is 0 Å². The normalized spacial score (nSPS) is 16.8. The van der Waals surface area contributed by atoms with Crippen molar-refractivity contribution in [2.75, 3.05) is 26.2 Å². The van der Waals surface area contributed by atoms with Crippen molar-refractivity contribution in [2.24, 2.45) is 0 Å². The van der Waals surface area contributed by atoms with Gasteiger partial charge in [-0.1, -0.05) is 29.3 Å². The molecule has 0 spiro atoms. The average molecular weight is 406 g/mol. The van der Waals surface area contributed by atoms with Crippen molar-refractivity contribution in [1.82, 2.24) is 10.2 Å². The standard InChI is InChI=1S/C14H19BrF2N2.2ClH/c1-2-3-13(19-6-4-18-5-7-19)14-11(16)8-10(15)9-12(14)17;;/h8-9,13,18H,2-7H2,1H3;2*1H/t13-;;/m1../s1. The molecule has 1 fully saturated rings. The smallest absolute Gasteiger partial charge is 0.132 e. The Bertz CT molecular complexity index is 420. The molecular formula is C14H21BrCl2F2N2. The third kappa shape index (κ3) is 5.32. The van der Waals surface area contributed by atoms with Crippen LogP contribution in [0, 0.1) is 11.6 Å². The van der Waals surface area contributed by atoms with E-state index in [0.717, 1.165) is 39.0 Å². The van der Waals surface area contributed by atoms with E-state index in [1.807, 2.05) is 6.92 Å². The molecule has 1 aromatic carbocycles. The molecule has 122 valence electrons. The van der Waals surface area contributed by atoms with Crippen LogP contribution in [0.5, 0.6) is 0 Å². The van der Waals surface area contributed by atoms with Crippen molar-refractivity contribution in [3.05, 3.63) is 33.8 Å². The third-order valence-corrected chi connectivity index (χ3v) is 3.99. The molecule has 21 heavy (non-hydrogen) atoms. The van der Waals surface area contributed by atoms with Crippen LogP contribution in [-0.2, 0) is 0 Å². The predicted molar refractivity (Wildman–Crippen MR) is 90.6 cm³/mol. The van der Waals surface area contributed by atoms with Crippen LogP contribution < -0.4 is 5.32 Å². The van der Waals surface area contributed by atoms with E-state index in [-0.39, 0.29) is 36.4 Å². The molecule has 0 aliphatic carbocycles. The molecule has 0 bridgehead atoms. The second-order valence-corrected chi connectivity index (χ2v) is 5.79. The fourth-order valence-corrected chi connectivity index (χ4v) is 3.05. The fourth-order valence-electron chi connectivity index (χ4n) is 2.65. The van der Waals surface area contributed by atoms with Crippen molar-refractivity contribution in [2.45, 2.75) is 25.8 Å². The second-order valence-electron chi connectivity index (χ2n) is 4.87. The van der Waals surface area contributed by atoms with Gasteiger partial charge < -0.3 is 5.32 Å². The number of piperazine rings is 1. The van der Waals surface area contributed by atoms with Crippen LogP contribution in [-0.4, -0.2) is 31.1 Å². The maximum Gasteiger partial charge on any atom is 0.132 e. The summed E-state index contributed by atoms with van der Waals surface area (Å²) in [4.78, 5) is 2.18. The van der Waals surface area contributed by atoms with Gasteiger partial charge in [-0.15, -0.1) is 24.8 Å². The highest BCUT2D eigenvalue weighted by Crippen LogP contribution is 2.32. The summed E-state index contributed by atoms with van der Waals surface area (Å²) >= 11 is 3.13. The molecule has 0 saturated carbocycles. The first kappa shape index (κ1) is 21.1. The molecular weight excluding hydrogens is 385 g/mol. The quantitative estimate of drug-likeness (QED) is 0.802. The summed E-state index contributed by atoms with van der Waals surface area (Å²) in [5.74, 6) is -0.910. The van der Waals surface area contributed by atoms with E-state index in [1.54, 1.807) is 0 Å². The molecule has 2 nitrogen and oxygen atoms in total. The molecule has 1 aliphatic rings. The molecule has 1 aliphatic heterocycles. The van der Waals surface area contributed by atoms with E-state index in [4.69, 9.17) is 0 Å². The van der Waals surface area contributed by atoms with Crippen LogP contribution in [0.3, 0.4) is 0 Å². The summed E-state index contributed by atoms with van der Waals surface area (Å²) in [5.41, 5.74) is 0.215. The fraction of sp³-hybridized carbons (Fsp3) is 0.571. The Kier molecular flexibility index (Phi) is 9.98. The molecule has 0 radical (unpaired) electrons. The molecule has 0 amide bonds. The molecule has 1 N–H and O–H groups in total. The Morgan fingerprint density at radius 2 is 1.71 bits per heavy atom. The van der Waals surface area contributed by atoms with Crippen molar-refractivity contribution in [3.63, 3.8) is 0 Å². The monoisotopic (exact) mass is 404 g/mol. The van der Waals surface area contributed by atoms with Gasteiger partial charge in [0.15, 0.2) is 0 Å². The van der Waals surface area contributed by atoms with Crippen LogP contribution in [0.15, 0.2) is 16.6 Å². The highest BCUT2D eigenvalue weighted by Gasteiger charge is 2.27. The zero-order valence-electron chi connectivity index (χ0n) is 11.9. The highest BCUT2D eigenvalue weighted by molar-refractivity contribution is 9.10. The summed E-state index contributed by atoms with van der Waals surface area (Å²) in [6.45, 7) is 5.46. The van der Waals surface area contributed by atoms with Gasteiger partial charge in [0, 0.05) is 42.3 Å².